The Balaban J connectivity index is 1.32. The number of nitrogens with zero attached hydrogens (tertiary/aromatic N) is 7. The minimum Gasteiger partial charge on any atom is -0.486 e. The van der Waals surface area contributed by atoms with Gasteiger partial charge in [-0.1, -0.05) is 18.2 Å². The van der Waals surface area contributed by atoms with Crippen LogP contribution in [0.1, 0.15) is 44.6 Å². The molecule has 1 saturated heterocycles. The maximum absolute atomic E-state index is 12.6. The molecule has 3 aliphatic rings. The van der Waals surface area contributed by atoms with E-state index in [0.29, 0.717) is 36.9 Å². The van der Waals surface area contributed by atoms with Crippen LogP contribution in [0.4, 0.5) is 16.2 Å². The minimum atomic E-state index is -0.503. The summed E-state index contributed by atoms with van der Waals surface area (Å²) in [6.45, 7) is 11.8. The summed E-state index contributed by atoms with van der Waals surface area (Å²) >= 11 is 0. The summed E-state index contributed by atoms with van der Waals surface area (Å²) < 4.78 is 13.2. The zero-order valence-electron chi connectivity index (χ0n) is 23.1. The van der Waals surface area contributed by atoms with E-state index in [1.165, 1.54) is 0 Å². The third kappa shape index (κ3) is 4.61. The average Bonchev–Trinajstić information content (AvgIpc) is 3.27. The third-order valence-corrected chi connectivity index (χ3v) is 7.17. The van der Waals surface area contributed by atoms with Crippen LogP contribution in [0.15, 0.2) is 36.2 Å². The zero-order chi connectivity index (χ0) is 27.3. The molecule has 1 aromatic carbocycles. The molecule has 6 rings (SSSR count). The van der Waals surface area contributed by atoms with Crippen molar-refractivity contribution in [2.45, 2.75) is 33.3 Å². The molecule has 10 heteroatoms. The van der Waals surface area contributed by atoms with E-state index in [0.717, 1.165) is 53.3 Å². The number of hydrogen-bond acceptors (Lipinski definition) is 8. The number of allylic oxidation sites excluding steroid dienone is 2. The number of fused-ring (bicyclic) bond motifs is 4. The second-order valence-corrected chi connectivity index (χ2v) is 11.1. The number of hydrogen-bond donors (Lipinski definition) is 0. The van der Waals surface area contributed by atoms with Gasteiger partial charge in [0.2, 0.25) is 5.65 Å². The topological polar surface area (TPSA) is 88.3 Å². The predicted molar refractivity (Wildman–Crippen MR) is 151 cm³/mol. The summed E-state index contributed by atoms with van der Waals surface area (Å²) in [6.07, 6.45) is 5.66. The Morgan fingerprint density at radius 3 is 2.62 bits per heavy atom. The molecule has 4 heterocycles. The molecule has 1 aliphatic carbocycles. The lowest BCUT2D eigenvalue weighted by molar-refractivity contribution is 0.0240. The van der Waals surface area contributed by atoms with Gasteiger partial charge in [0.1, 0.15) is 17.9 Å². The molecule has 0 saturated carbocycles. The molecule has 2 aromatic heterocycles. The molecule has 10 nitrogen and oxygen atoms in total. The molecule has 0 atom stereocenters. The number of amides is 1. The van der Waals surface area contributed by atoms with Gasteiger partial charge >= 0.3 is 6.09 Å². The van der Waals surface area contributed by atoms with Crippen LogP contribution in [-0.4, -0.2) is 82.8 Å². The van der Waals surface area contributed by atoms with Crippen molar-refractivity contribution >= 4 is 40.3 Å². The fourth-order valence-corrected chi connectivity index (χ4v) is 5.23. The molecule has 1 fully saturated rings. The van der Waals surface area contributed by atoms with Crippen LogP contribution in [0.5, 0.6) is 5.75 Å². The Hall–Kier alpha value is -4.30. The summed E-state index contributed by atoms with van der Waals surface area (Å²) in [4.78, 5) is 18.8. The molecule has 39 heavy (non-hydrogen) atoms. The second kappa shape index (κ2) is 9.47. The first-order valence-electron chi connectivity index (χ1n) is 13.3. The largest absolute Gasteiger partial charge is 0.486 e. The summed E-state index contributed by atoms with van der Waals surface area (Å²) in [5, 5.41) is 13.5. The number of carbonyl (C=O) groups is 1. The Morgan fingerprint density at radius 1 is 1.05 bits per heavy atom. The summed E-state index contributed by atoms with van der Waals surface area (Å²) in [5.41, 5.74) is 9.73. The first kappa shape index (κ1) is 25.0. The number of piperazine rings is 1. The SMILES string of the molecule is CC1=C=C(c2nnc3c4c(cnn23)N(C)CCO4)C=Cc2cccc(N3CCN(C(=O)OC(C)(C)C)CC3)c21. The number of rotatable bonds is 2. The van der Waals surface area contributed by atoms with Crippen molar-refractivity contribution in [3.63, 3.8) is 0 Å². The third-order valence-electron chi connectivity index (χ3n) is 7.17. The van der Waals surface area contributed by atoms with Crippen molar-refractivity contribution in [2.24, 2.45) is 0 Å². The second-order valence-electron chi connectivity index (χ2n) is 11.1. The number of ether oxygens (including phenoxy) is 2. The average molecular weight is 528 g/mol. The molecule has 1 amide bonds. The van der Waals surface area contributed by atoms with E-state index >= 15 is 0 Å². The lowest BCUT2D eigenvalue weighted by Gasteiger charge is -2.37. The molecular weight excluding hydrogens is 494 g/mol. The van der Waals surface area contributed by atoms with E-state index in [2.05, 4.69) is 62.0 Å². The van der Waals surface area contributed by atoms with Crippen molar-refractivity contribution in [3.8, 4) is 5.75 Å². The van der Waals surface area contributed by atoms with Crippen LogP contribution in [0.2, 0.25) is 0 Å². The lowest BCUT2D eigenvalue weighted by Crippen LogP contribution is -2.50. The normalized spacial score (nSPS) is 17.2. The van der Waals surface area contributed by atoms with Crippen molar-refractivity contribution in [2.75, 3.05) is 56.2 Å². The maximum Gasteiger partial charge on any atom is 0.410 e. The van der Waals surface area contributed by atoms with Crippen LogP contribution < -0.4 is 14.5 Å². The Labute approximate surface area is 227 Å². The molecular formula is C29H33N7O3. The smallest absolute Gasteiger partial charge is 0.410 e. The number of anilines is 2. The Kier molecular flexibility index (Phi) is 6.07. The standard InChI is InChI=1S/C29H33N7O3/c1-19-17-21(26-31-32-27-25-23(18-30-36(26)27)33(5)15-16-38-25)10-9-20-7-6-8-22(24(19)20)34-11-13-35(14-12-34)28(37)39-29(2,3)4/h6-10,18H,11-16H2,1-5H3. The van der Waals surface area contributed by atoms with Gasteiger partial charge in [0.25, 0.3) is 0 Å². The van der Waals surface area contributed by atoms with E-state index in [4.69, 9.17) is 9.47 Å². The molecule has 0 N–H and O–H groups in total. The molecule has 202 valence electrons. The van der Waals surface area contributed by atoms with Crippen LogP contribution in [0, 0.1) is 0 Å². The highest BCUT2D eigenvalue weighted by atomic mass is 16.6. The van der Waals surface area contributed by atoms with Gasteiger partial charge < -0.3 is 24.2 Å². The molecule has 0 bridgehead atoms. The zero-order valence-corrected chi connectivity index (χ0v) is 23.1. The van der Waals surface area contributed by atoms with Gasteiger partial charge in [-0.3, -0.25) is 0 Å². The maximum atomic E-state index is 12.6. The first-order valence-corrected chi connectivity index (χ1v) is 13.3. The highest BCUT2D eigenvalue weighted by molar-refractivity contribution is 5.91. The van der Waals surface area contributed by atoms with Gasteiger partial charge in [-0.25, -0.2) is 4.79 Å². The van der Waals surface area contributed by atoms with Crippen LogP contribution in [-0.2, 0) is 4.74 Å². The monoisotopic (exact) mass is 527 g/mol. The lowest BCUT2D eigenvalue weighted by atomic mass is 9.98. The summed E-state index contributed by atoms with van der Waals surface area (Å²) in [7, 11) is 2.02. The van der Waals surface area contributed by atoms with E-state index in [9.17, 15) is 4.79 Å². The van der Waals surface area contributed by atoms with Crippen LogP contribution >= 0.6 is 0 Å². The summed E-state index contributed by atoms with van der Waals surface area (Å²) in [5.74, 6) is 1.31. The van der Waals surface area contributed by atoms with Gasteiger partial charge in [-0.15, -0.1) is 15.9 Å². The van der Waals surface area contributed by atoms with Gasteiger partial charge in [0.05, 0.1) is 18.3 Å². The van der Waals surface area contributed by atoms with Gasteiger partial charge in [0, 0.05) is 50.1 Å². The van der Waals surface area contributed by atoms with Crippen molar-refractivity contribution in [1.82, 2.24) is 24.7 Å². The molecule has 3 aromatic rings. The quantitative estimate of drug-likeness (QED) is 0.460. The van der Waals surface area contributed by atoms with E-state index in [1.54, 1.807) is 15.6 Å². The van der Waals surface area contributed by atoms with Crippen molar-refractivity contribution < 1.29 is 14.3 Å². The Morgan fingerprint density at radius 2 is 1.85 bits per heavy atom. The molecule has 2 aliphatic heterocycles. The van der Waals surface area contributed by atoms with Gasteiger partial charge in [0.15, 0.2) is 11.6 Å². The van der Waals surface area contributed by atoms with E-state index in [1.807, 2.05) is 33.9 Å². The van der Waals surface area contributed by atoms with Gasteiger partial charge in [-0.2, -0.15) is 9.61 Å². The van der Waals surface area contributed by atoms with Crippen LogP contribution in [0.25, 0.3) is 22.9 Å². The highest BCUT2D eigenvalue weighted by Crippen LogP contribution is 2.36. The highest BCUT2D eigenvalue weighted by Gasteiger charge is 2.28. The van der Waals surface area contributed by atoms with Gasteiger partial charge in [-0.05, 0) is 45.4 Å². The van der Waals surface area contributed by atoms with E-state index < -0.39 is 5.60 Å². The van der Waals surface area contributed by atoms with E-state index in [-0.39, 0.29) is 6.09 Å². The van der Waals surface area contributed by atoms with Crippen molar-refractivity contribution in [3.05, 3.63) is 53.2 Å². The number of benzene rings is 1. The number of likely N-dealkylation sites (N-methyl/N-ethyl adjacent to an activating group) is 1. The number of carbonyl (C=O) groups excluding carboxylic acids is 1. The predicted octanol–water partition coefficient (Wildman–Crippen LogP) is 4.12. The fraction of sp³-hybridized carbons (Fsp3) is 0.414. The number of aromatic nitrogens is 4. The molecule has 0 radical (unpaired) electrons. The van der Waals surface area contributed by atoms with Crippen molar-refractivity contribution in [1.29, 1.82) is 0 Å². The molecule has 0 spiro atoms. The summed E-state index contributed by atoms with van der Waals surface area (Å²) in [6, 6.07) is 6.33. The van der Waals surface area contributed by atoms with Crippen LogP contribution in [0.3, 0.4) is 0 Å². The first-order chi connectivity index (χ1) is 18.7. The minimum absolute atomic E-state index is 0.256. The fourth-order valence-electron chi connectivity index (χ4n) is 5.23. The Bertz CT molecular complexity index is 1550. The molecule has 0 unspecified atom stereocenters.